The van der Waals surface area contributed by atoms with Gasteiger partial charge in [-0.2, -0.15) is 0 Å². The van der Waals surface area contributed by atoms with Crippen LogP contribution >= 0.6 is 0 Å². The lowest BCUT2D eigenvalue weighted by atomic mass is 9.86. The third-order valence-corrected chi connectivity index (χ3v) is 3.98. The zero-order valence-corrected chi connectivity index (χ0v) is 15.7. The van der Waals surface area contributed by atoms with Crippen molar-refractivity contribution in [1.82, 2.24) is 10.2 Å². The first-order chi connectivity index (χ1) is 11.4. The number of imide groups is 1. The zero-order chi connectivity index (χ0) is 19.0. The predicted octanol–water partition coefficient (Wildman–Crippen LogP) is 3.22. The molecule has 1 aliphatic heterocycles. The molecule has 0 aliphatic carbocycles. The quantitative estimate of drug-likeness (QED) is 0.853. The van der Waals surface area contributed by atoms with E-state index in [9.17, 15) is 14.4 Å². The molecule has 0 radical (unpaired) electrons. The van der Waals surface area contributed by atoms with E-state index in [1.54, 1.807) is 45.0 Å². The number of benzene rings is 1. The Kier molecular flexibility index (Phi) is 4.93. The molecule has 6 nitrogen and oxygen atoms in total. The van der Waals surface area contributed by atoms with Gasteiger partial charge >= 0.3 is 6.09 Å². The standard InChI is InChI=1S/C19H26N2O4/c1-18(2,3)14(20-17(24)25-19(4,5)6)11-21-15(22)12-9-7-8-10-13(12)16(21)23/h7-10,14H,11H2,1-6H3,(H,20,24)/t14-/m0/s1. The molecule has 6 heteroatoms. The van der Waals surface area contributed by atoms with E-state index in [1.807, 2.05) is 20.8 Å². The molecule has 0 unspecified atom stereocenters. The van der Waals surface area contributed by atoms with Crippen LogP contribution in [0.5, 0.6) is 0 Å². The van der Waals surface area contributed by atoms with E-state index < -0.39 is 17.7 Å². The van der Waals surface area contributed by atoms with Crippen LogP contribution in [0.1, 0.15) is 62.3 Å². The van der Waals surface area contributed by atoms with E-state index in [1.165, 1.54) is 4.90 Å². The fourth-order valence-corrected chi connectivity index (χ4v) is 2.57. The van der Waals surface area contributed by atoms with Gasteiger partial charge in [-0.3, -0.25) is 14.5 Å². The summed E-state index contributed by atoms with van der Waals surface area (Å²) < 4.78 is 5.30. The van der Waals surface area contributed by atoms with Crippen LogP contribution in [0.2, 0.25) is 0 Å². The summed E-state index contributed by atoms with van der Waals surface area (Å²) in [6.07, 6.45) is -0.566. The van der Waals surface area contributed by atoms with Gasteiger partial charge < -0.3 is 10.1 Å². The number of carbonyl (C=O) groups is 3. The number of carbonyl (C=O) groups excluding carboxylic acids is 3. The Hall–Kier alpha value is -2.37. The number of rotatable bonds is 3. The minimum atomic E-state index is -0.623. The number of amides is 3. The maximum absolute atomic E-state index is 12.5. The van der Waals surface area contributed by atoms with E-state index in [-0.39, 0.29) is 23.8 Å². The third kappa shape index (κ3) is 4.38. The molecule has 0 fully saturated rings. The summed E-state index contributed by atoms with van der Waals surface area (Å²) in [7, 11) is 0. The third-order valence-electron chi connectivity index (χ3n) is 3.98. The van der Waals surface area contributed by atoms with Crippen LogP contribution in [0, 0.1) is 5.41 Å². The van der Waals surface area contributed by atoms with Crippen molar-refractivity contribution in [1.29, 1.82) is 0 Å². The van der Waals surface area contributed by atoms with Crippen LogP contribution < -0.4 is 5.32 Å². The Morgan fingerprint density at radius 1 is 1.04 bits per heavy atom. The van der Waals surface area contributed by atoms with Gasteiger partial charge in [0.25, 0.3) is 11.8 Å². The molecular formula is C19H26N2O4. The summed E-state index contributed by atoms with van der Waals surface area (Å²) in [5.41, 5.74) is -0.191. The second kappa shape index (κ2) is 6.50. The SMILES string of the molecule is CC(C)(C)OC(=O)N[C@@H](CN1C(=O)c2ccccc2C1=O)C(C)(C)C. The monoisotopic (exact) mass is 346 g/mol. The molecule has 0 spiro atoms. The topological polar surface area (TPSA) is 75.7 Å². The molecule has 1 aliphatic rings. The van der Waals surface area contributed by atoms with Gasteiger partial charge in [-0.05, 0) is 38.3 Å². The molecule has 2 rings (SSSR count). The highest BCUT2D eigenvalue weighted by Gasteiger charge is 2.39. The average molecular weight is 346 g/mol. The van der Waals surface area contributed by atoms with Gasteiger partial charge in [-0.25, -0.2) is 4.79 Å². The molecular weight excluding hydrogens is 320 g/mol. The fraction of sp³-hybridized carbons (Fsp3) is 0.526. The van der Waals surface area contributed by atoms with Gasteiger partial charge in [0.05, 0.1) is 23.7 Å². The van der Waals surface area contributed by atoms with Crippen molar-refractivity contribution in [2.75, 3.05) is 6.54 Å². The lowest BCUT2D eigenvalue weighted by Gasteiger charge is -2.34. The molecule has 1 aromatic rings. The van der Waals surface area contributed by atoms with Crippen LogP contribution in [0.3, 0.4) is 0 Å². The van der Waals surface area contributed by atoms with Crippen LogP contribution in [-0.2, 0) is 4.74 Å². The molecule has 3 amide bonds. The number of nitrogens with one attached hydrogen (secondary N) is 1. The minimum Gasteiger partial charge on any atom is -0.444 e. The van der Waals surface area contributed by atoms with Gasteiger partial charge in [0.15, 0.2) is 0 Å². The lowest BCUT2D eigenvalue weighted by molar-refractivity contribution is 0.0410. The first-order valence-corrected chi connectivity index (χ1v) is 8.35. The van der Waals surface area contributed by atoms with Crippen molar-refractivity contribution in [2.24, 2.45) is 5.41 Å². The van der Waals surface area contributed by atoms with Gasteiger partial charge in [-0.1, -0.05) is 32.9 Å². The minimum absolute atomic E-state index is 0.0924. The highest BCUT2D eigenvalue weighted by atomic mass is 16.6. The Labute approximate surface area is 148 Å². The largest absolute Gasteiger partial charge is 0.444 e. The first-order valence-electron chi connectivity index (χ1n) is 8.35. The first kappa shape index (κ1) is 19.0. The summed E-state index contributed by atoms with van der Waals surface area (Å²) in [5, 5.41) is 2.80. The number of hydrogen-bond acceptors (Lipinski definition) is 4. The smallest absolute Gasteiger partial charge is 0.407 e. The lowest BCUT2D eigenvalue weighted by Crippen LogP contribution is -2.52. The molecule has 1 atom stereocenters. The highest BCUT2D eigenvalue weighted by Crippen LogP contribution is 2.26. The van der Waals surface area contributed by atoms with Gasteiger partial charge in [0, 0.05) is 0 Å². The second-order valence-electron chi connectivity index (χ2n) is 8.33. The summed E-state index contributed by atoms with van der Waals surface area (Å²) in [6, 6.07) is 6.30. The van der Waals surface area contributed by atoms with Crippen molar-refractivity contribution in [3.05, 3.63) is 35.4 Å². The van der Waals surface area contributed by atoms with Crippen molar-refractivity contribution in [3.8, 4) is 0 Å². The van der Waals surface area contributed by atoms with Crippen molar-refractivity contribution < 1.29 is 19.1 Å². The molecule has 1 aromatic carbocycles. The Morgan fingerprint density at radius 2 is 1.52 bits per heavy atom. The molecule has 0 aromatic heterocycles. The van der Waals surface area contributed by atoms with Crippen molar-refractivity contribution in [3.63, 3.8) is 0 Å². The zero-order valence-electron chi connectivity index (χ0n) is 15.7. The molecule has 1 N–H and O–H groups in total. The van der Waals surface area contributed by atoms with E-state index >= 15 is 0 Å². The number of ether oxygens (including phenoxy) is 1. The Balaban J connectivity index is 2.18. The van der Waals surface area contributed by atoms with E-state index in [2.05, 4.69) is 5.32 Å². The van der Waals surface area contributed by atoms with E-state index in [0.717, 1.165) is 0 Å². The Bertz CT molecular complexity index is 663. The van der Waals surface area contributed by atoms with Crippen molar-refractivity contribution in [2.45, 2.75) is 53.2 Å². The van der Waals surface area contributed by atoms with Gasteiger partial charge in [0.2, 0.25) is 0 Å². The predicted molar refractivity (Wildman–Crippen MR) is 94.4 cm³/mol. The normalized spacial score (nSPS) is 15.8. The summed E-state index contributed by atoms with van der Waals surface area (Å²) in [4.78, 5) is 38.4. The highest BCUT2D eigenvalue weighted by molar-refractivity contribution is 6.21. The summed E-state index contributed by atoms with van der Waals surface area (Å²) in [6.45, 7) is 11.2. The number of hydrogen-bond donors (Lipinski definition) is 1. The number of fused-ring (bicyclic) bond motifs is 1. The molecule has 0 saturated carbocycles. The molecule has 0 bridgehead atoms. The van der Waals surface area contributed by atoms with E-state index in [4.69, 9.17) is 4.74 Å². The maximum atomic E-state index is 12.5. The van der Waals surface area contributed by atoms with Gasteiger partial charge in [-0.15, -0.1) is 0 Å². The number of alkyl carbamates (subject to hydrolysis) is 1. The van der Waals surface area contributed by atoms with Crippen LogP contribution in [0.4, 0.5) is 4.79 Å². The number of nitrogens with zero attached hydrogens (tertiary/aromatic N) is 1. The van der Waals surface area contributed by atoms with Crippen molar-refractivity contribution >= 4 is 17.9 Å². The molecule has 25 heavy (non-hydrogen) atoms. The molecule has 136 valence electrons. The van der Waals surface area contributed by atoms with Gasteiger partial charge in [0.1, 0.15) is 5.60 Å². The van der Waals surface area contributed by atoms with Crippen LogP contribution in [0.15, 0.2) is 24.3 Å². The van der Waals surface area contributed by atoms with Crippen LogP contribution in [-0.4, -0.2) is 41.0 Å². The second-order valence-corrected chi connectivity index (χ2v) is 8.33. The molecule has 1 heterocycles. The summed E-state index contributed by atoms with van der Waals surface area (Å²) in [5.74, 6) is -0.665. The fourth-order valence-electron chi connectivity index (χ4n) is 2.57. The average Bonchev–Trinajstić information content (AvgIpc) is 2.69. The van der Waals surface area contributed by atoms with Crippen LogP contribution in [0.25, 0.3) is 0 Å². The maximum Gasteiger partial charge on any atom is 0.407 e. The van der Waals surface area contributed by atoms with E-state index in [0.29, 0.717) is 11.1 Å². The summed E-state index contributed by atoms with van der Waals surface area (Å²) >= 11 is 0. The molecule has 0 saturated heterocycles. The Morgan fingerprint density at radius 3 is 1.92 bits per heavy atom.